The molecule has 1 aliphatic heterocycles. The summed E-state index contributed by atoms with van der Waals surface area (Å²) in [6.07, 6.45) is 8.12. The molecule has 0 unspecified atom stereocenters. The molecule has 0 amide bonds. The minimum Gasteiger partial charge on any atom is -0.365 e. The van der Waals surface area contributed by atoms with Crippen LogP contribution in [0, 0.1) is 13.0 Å². The van der Waals surface area contributed by atoms with E-state index in [2.05, 4.69) is 40.0 Å². The lowest BCUT2D eigenvalue weighted by Gasteiger charge is -2.22. The molecule has 1 N–H and O–H groups in total. The van der Waals surface area contributed by atoms with Crippen molar-refractivity contribution in [2.75, 3.05) is 6.61 Å². The van der Waals surface area contributed by atoms with Crippen molar-refractivity contribution >= 4 is 38.4 Å². The van der Waals surface area contributed by atoms with E-state index in [0.29, 0.717) is 0 Å². The highest BCUT2D eigenvalue weighted by Crippen LogP contribution is 2.41. The van der Waals surface area contributed by atoms with E-state index >= 15 is 0 Å². The SMILES string of the molecule is C/C=C/CC[C]1OCCc2c1[nH]c1c(Cl)cc(C)c(Br)c21. The summed E-state index contributed by atoms with van der Waals surface area (Å²) in [6.45, 7) is 4.86. The maximum Gasteiger partial charge on any atom is 0.143 e. The number of allylic oxidation sites excluding steroid dienone is 2. The molecule has 2 nitrogen and oxygen atoms in total. The van der Waals surface area contributed by atoms with Crippen LogP contribution in [0.25, 0.3) is 10.9 Å². The molecule has 0 saturated carbocycles. The zero-order valence-electron chi connectivity index (χ0n) is 12.2. The summed E-state index contributed by atoms with van der Waals surface area (Å²) in [5, 5.41) is 1.98. The van der Waals surface area contributed by atoms with Gasteiger partial charge in [-0.2, -0.15) is 0 Å². The van der Waals surface area contributed by atoms with Gasteiger partial charge in [-0.25, -0.2) is 0 Å². The summed E-state index contributed by atoms with van der Waals surface area (Å²) in [6, 6.07) is 2.00. The Balaban J connectivity index is 2.10. The highest BCUT2D eigenvalue weighted by molar-refractivity contribution is 9.10. The Bertz CT molecular complexity index is 705. The third-order valence-electron chi connectivity index (χ3n) is 3.93. The number of fused-ring (bicyclic) bond motifs is 3. The molecule has 3 rings (SSSR count). The summed E-state index contributed by atoms with van der Waals surface area (Å²) in [7, 11) is 0. The molecule has 21 heavy (non-hydrogen) atoms. The Labute approximate surface area is 138 Å². The zero-order valence-corrected chi connectivity index (χ0v) is 14.6. The van der Waals surface area contributed by atoms with Crippen LogP contribution in [0.2, 0.25) is 5.02 Å². The summed E-state index contributed by atoms with van der Waals surface area (Å²) in [5.74, 6) is 0. The third kappa shape index (κ3) is 2.67. The lowest BCUT2D eigenvalue weighted by atomic mass is 9.99. The fourth-order valence-electron chi connectivity index (χ4n) is 2.90. The van der Waals surface area contributed by atoms with Crippen LogP contribution in [-0.4, -0.2) is 11.6 Å². The van der Waals surface area contributed by atoms with Crippen molar-refractivity contribution in [1.82, 2.24) is 4.98 Å². The number of hydrogen-bond donors (Lipinski definition) is 1. The maximum atomic E-state index is 6.42. The van der Waals surface area contributed by atoms with Gasteiger partial charge in [0, 0.05) is 9.86 Å². The number of nitrogens with one attached hydrogen (secondary N) is 1. The molecule has 1 radical (unpaired) electrons. The van der Waals surface area contributed by atoms with E-state index in [9.17, 15) is 0 Å². The van der Waals surface area contributed by atoms with E-state index in [0.717, 1.165) is 58.2 Å². The number of aromatic nitrogens is 1. The molecule has 2 heterocycles. The van der Waals surface area contributed by atoms with Gasteiger partial charge in [-0.1, -0.05) is 23.8 Å². The predicted octanol–water partition coefficient (Wildman–Crippen LogP) is 5.70. The van der Waals surface area contributed by atoms with Gasteiger partial charge in [0.15, 0.2) is 0 Å². The van der Waals surface area contributed by atoms with Crippen LogP contribution in [0.1, 0.15) is 36.6 Å². The highest BCUT2D eigenvalue weighted by atomic mass is 79.9. The molecule has 1 aromatic carbocycles. The molecule has 1 aliphatic rings. The Morgan fingerprint density at radius 2 is 2.29 bits per heavy atom. The molecule has 2 aromatic rings. The topological polar surface area (TPSA) is 25.0 Å². The van der Waals surface area contributed by atoms with E-state index in [1.165, 1.54) is 10.9 Å². The second-order valence-electron chi connectivity index (χ2n) is 5.35. The quantitative estimate of drug-likeness (QED) is 0.691. The van der Waals surface area contributed by atoms with Crippen LogP contribution in [0.4, 0.5) is 0 Å². The van der Waals surface area contributed by atoms with Crippen molar-refractivity contribution in [3.05, 3.63) is 50.6 Å². The molecule has 0 saturated heterocycles. The van der Waals surface area contributed by atoms with Crippen molar-refractivity contribution < 1.29 is 4.74 Å². The monoisotopic (exact) mass is 366 g/mol. The van der Waals surface area contributed by atoms with Gasteiger partial charge < -0.3 is 9.72 Å². The average Bonchev–Trinajstić information content (AvgIpc) is 2.86. The number of aromatic amines is 1. The molecule has 0 fully saturated rings. The minimum atomic E-state index is 0.739. The first-order valence-corrected chi connectivity index (χ1v) is 8.40. The maximum absolute atomic E-state index is 6.42. The number of halogens is 2. The van der Waals surface area contributed by atoms with Crippen LogP contribution < -0.4 is 0 Å². The zero-order chi connectivity index (χ0) is 15.0. The van der Waals surface area contributed by atoms with Gasteiger partial charge in [-0.05, 0) is 66.2 Å². The molecular formula is C17H18BrClNO. The van der Waals surface area contributed by atoms with Crippen molar-refractivity contribution in [2.45, 2.75) is 33.1 Å². The molecule has 4 heteroatoms. The van der Waals surface area contributed by atoms with Crippen LogP contribution in [0.15, 0.2) is 22.7 Å². The normalized spacial score (nSPS) is 16.0. The first-order chi connectivity index (χ1) is 10.1. The van der Waals surface area contributed by atoms with Gasteiger partial charge in [0.2, 0.25) is 0 Å². The number of rotatable bonds is 3. The average molecular weight is 368 g/mol. The Morgan fingerprint density at radius 3 is 3.05 bits per heavy atom. The molecular weight excluding hydrogens is 350 g/mol. The number of ether oxygens (including phenoxy) is 1. The largest absolute Gasteiger partial charge is 0.365 e. The van der Waals surface area contributed by atoms with Gasteiger partial charge >= 0.3 is 0 Å². The van der Waals surface area contributed by atoms with Gasteiger partial charge in [-0.15, -0.1) is 0 Å². The molecule has 111 valence electrons. The van der Waals surface area contributed by atoms with Gasteiger partial charge in [-0.3, -0.25) is 0 Å². The summed E-state index contributed by atoms with van der Waals surface area (Å²) in [4.78, 5) is 3.48. The predicted molar refractivity (Wildman–Crippen MR) is 91.8 cm³/mol. The molecule has 0 aliphatic carbocycles. The third-order valence-corrected chi connectivity index (χ3v) is 5.25. The van der Waals surface area contributed by atoms with Crippen LogP contribution in [0.5, 0.6) is 0 Å². The molecule has 0 spiro atoms. The fourth-order valence-corrected chi connectivity index (χ4v) is 3.76. The first kappa shape index (κ1) is 15.1. The number of H-pyrrole nitrogens is 1. The fraction of sp³-hybridized carbons (Fsp3) is 0.353. The van der Waals surface area contributed by atoms with E-state index in [1.807, 2.05) is 13.0 Å². The summed E-state index contributed by atoms with van der Waals surface area (Å²) < 4.78 is 7.02. The van der Waals surface area contributed by atoms with Gasteiger partial charge in [0.05, 0.1) is 22.8 Å². The molecule has 1 aromatic heterocycles. The van der Waals surface area contributed by atoms with Crippen LogP contribution >= 0.6 is 27.5 Å². The Hall–Kier alpha value is -0.770. The molecule has 0 atom stereocenters. The van der Waals surface area contributed by atoms with E-state index in [4.69, 9.17) is 16.3 Å². The van der Waals surface area contributed by atoms with Gasteiger partial charge in [0.25, 0.3) is 0 Å². The standard InChI is InChI=1S/C17H18BrClNO/c1-3-4-5-6-13-16-11(7-8-21-13)14-15(18)10(2)9-12(19)17(14)20-16/h3-4,9,20H,5-8H2,1-2H3/b4-3+. The lowest BCUT2D eigenvalue weighted by molar-refractivity contribution is 0.141. The van der Waals surface area contributed by atoms with Crippen molar-refractivity contribution in [3.63, 3.8) is 0 Å². The summed E-state index contributed by atoms with van der Waals surface area (Å²) >= 11 is 10.1. The van der Waals surface area contributed by atoms with Crippen LogP contribution in [-0.2, 0) is 11.2 Å². The second kappa shape index (κ2) is 6.15. The Kier molecular flexibility index (Phi) is 4.43. The number of aryl methyl sites for hydroxylation is 1. The van der Waals surface area contributed by atoms with E-state index in [1.54, 1.807) is 0 Å². The van der Waals surface area contributed by atoms with Crippen molar-refractivity contribution in [3.8, 4) is 0 Å². The second-order valence-corrected chi connectivity index (χ2v) is 6.55. The molecule has 0 bridgehead atoms. The lowest BCUT2D eigenvalue weighted by Crippen LogP contribution is -2.16. The summed E-state index contributed by atoms with van der Waals surface area (Å²) in [5.41, 5.74) is 4.61. The van der Waals surface area contributed by atoms with E-state index in [-0.39, 0.29) is 0 Å². The van der Waals surface area contributed by atoms with Gasteiger partial charge in [0.1, 0.15) is 6.10 Å². The minimum absolute atomic E-state index is 0.739. The van der Waals surface area contributed by atoms with Crippen molar-refractivity contribution in [2.24, 2.45) is 0 Å². The smallest absolute Gasteiger partial charge is 0.143 e. The Morgan fingerprint density at radius 1 is 1.48 bits per heavy atom. The number of benzene rings is 1. The number of hydrogen-bond acceptors (Lipinski definition) is 1. The van der Waals surface area contributed by atoms with Crippen LogP contribution in [0.3, 0.4) is 0 Å². The highest BCUT2D eigenvalue weighted by Gasteiger charge is 2.27. The van der Waals surface area contributed by atoms with Crippen molar-refractivity contribution in [1.29, 1.82) is 0 Å². The first-order valence-electron chi connectivity index (χ1n) is 7.22. The van der Waals surface area contributed by atoms with E-state index < -0.39 is 0 Å².